The Morgan fingerprint density at radius 3 is 2.63 bits per heavy atom. The number of nitrogens with zero attached hydrogens (tertiary/aromatic N) is 5. The number of rotatable bonds is 6. The third kappa shape index (κ3) is 3.60. The van der Waals surface area contributed by atoms with Gasteiger partial charge in [-0.05, 0) is 44.2 Å². The van der Waals surface area contributed by atoms with Crippen LogP contribution in [0.1, 0.15) is 43.8 Å². The van der Waals surface area contributed by atoms with Crippen LogP contribution >= 0.6 is 11.8 Å². The minimum absolute atomic E-state index is 0.566. The molecule has 0 bridgehead atoms. The van der Waals surface area contributed by atoms with Crippen LogP contribution in [0.4, 0.5) is 5.95 Å². The van der Waals surface area contributed by atoms with Crippen LogP contribution in [0.2, 0.25) is 0 Å². The summed E-state index contributed by atoms with van der Waals surface area (Å²) in [6, 6.07) is 10.6. The first-order valence-corrected chi connectivity index (χ1v) is 10.7. The molecule has 0 N–H and O–H groups in total. The first-order valence-electron chi connectivity index (χ1n) is 9.71. The molecule has 2 fully saturated rings. The molecular weight excluding hydrogens is 358 g/mol. The summed E-state index contributed by atoms with van der Waals surface area (Å²) in [5.41, 5.74) is 1.94. The number of benzene rings is 1. The smallest absolute Gasteiger partial charge is 0.228 e. The first kappa shape index (κ1) is 16.9. The molecule has 1 aromatic carbocycles. The molecule has 1 saturated carbocycles. The molecule has 3 aromatic rings. The predicted molar refractivity (Wildman–Crippen MR) is 106 cm³/mol. The minimum atomic E-state index is 0.566. The highest BCUT2D eigenvalue weighted by Gasteiger charge is 2.32. The van der Waals surface area contributed by atoms with Gasteiger partial charge in [0.15, 0.2) is 5.16 Å². The van der Waals surface area contributed by atoms with Crippen molar-refractivity contribution in [1.29, 1.82) is 0 Å². The number of thioether (sulfide) groups is 1. The van der Waals surface area contributed by atoms with E-state index >= 15 is 0 Å². The lowest BCUT2D eigenvalue weighted by Crippen LogP contribution is -2.31. The van der Waals surface area contributed by atoms with E-state index < -0.39 is 0 Å². The molecule has 1 aliphatic heterocycles. The Morgan fingerprint density at radius 1 is 1.04 bits per heavy atom. The topological polar surface area (TPSA) is 60.0 Å². The van der Waals surface area contributed by atoms with E-state index in [9.17, 15) is 0 Å². The largest absolute Gasteiger partial charge is 0.444 e. The molecule has 0 spiro atoms. The van der Waals surface area contributed by atoms with Crippen LogP contribution in [-0.2, 0) is 5.75 Å². The Balaban J connectivity index is 1.31. The van der Waals surface area contributed by atoms with E-state index in [-0.39, 0.29) is 0 Å². The van der Waals surface area contributed by atoms with Gasteiger partial charge in [-0.3, -0.25) is 4.57 Å². The van der Waals surface area contributed by atoms with Gasteiger partial charge >= 0.3 is 0 Å². The van der Waals surface area contributed by atoms with Crippen LogP contribution in [0.3, 0.4) is 0 Å². The van der Waals surface area contributed by atoms with E-state index in [0.29, 0.717) is 11.9 Å². The molecule has 1 aliphatic carbocycles. The van der Waals surface area contributed by atoms with E-state index in [1.807, 2.05) is 30.3 Å². The second-order valence-corrected chi connectivity index (χ2v) is 8.17. The van der Waals surface area contributed by atoms with E-state index in [1.165, 1.54) is 32.1 Å². The van der Waals surface area contributed by atoms with Crippen molar-refractivity contribution in [3.8, 4) is 11.5 Å². The quantitative estimate of drug-likeness (QED) is 0.584. The van der Waals surface area contributed by atoms with Gasteiger partial charge in [0.1, 0.15) is 6.26 Å². The van der Waals surface area contributed by atoms with Gasteiger partial charge in [-0.25, -0.2) is 4.98 Å². The standard InChI is InChI=1S/C20H23N5OS/c1-3-7-15(8-4-1)18-21-16(13-26-18)14-27-20-23-22-19(25(20)17-9-10-17)24-11-5-2-6-12-24/h1,3-4,7-8,13,17H,2,5-6,9-12,14H2. The van der Waals surface area contributed by atoms with Gasteiger partial charge < -0.3 is 9.32 Å². The molecule has 0 atom stereocenters. The van der Waals surface area contributed by atoms with Crippen LogP contribution < -0.4 is 4.90 Å². The molecule has 2 aromatic heterocycles. The van der Waals surface area contributed by atoms with Crippen molar-refractivity contribution in [3.63, 3.8) is 0 Å². The van der Waals surface area contributed by atoms with Crippen molar-refractivity contribution in [1.82, 2.24) is 19.7 Å². The highest BCUT2D eigenvalue weighted by Crippen LogP contribution is 2.41. The van der Waals surface area contributed by atoms with Crippen LogP contribution in [0, 0.1) is 0 Å². The Bertz CT molecular complexity index is 896. The van der Waals surface area contributed by atoms with Gasteiger partial charge in [-0.2, -0.15) is 0 Å². The fourth-order valence-electron chi connectivity index (χ4n) is 3.55. The second kappa shape index (κ2) is 7.38. The summed E-state index contributed by atoms with van der Waals surface area (Å²) in [7, 11) is 0. The summed E-state index contributed by atoms with van der Waals surface area (Å²) in [4.78, 5) is 7.03. The van der Waals surface area contributed by atoms with Gasteiger partial charge in [-0.15, -0.1) is 10.2 Å². The molecule has 7 heteroatoms. The van der Waals surface area contributed by atoms with E-state index in [1.54, 1.807) is 18.0 Å². The number of anilines is 1. The molecule has 3 heterocycles. The average molecular weight is 382 g/mol. The molecule has 6 nitrogen and oxygen atoms in total. The molecule has 0 radical (unpaired) electrons. The zero-order valence-electron chi connectivity index (χ0n) is 15.3. The summed E-state index contributed by atoms with van der Waals surface area (Å²) >= 11 is 1.70. The summed E-state index contributed by atoms with van der Waals surface area (Å²) < 4.78 is 8.01. The molecule has 5 rings (SSSR count). The third-order valence-corrected chi connectivity index (χ3v) is 6.10. The lowest BCUT2D eigenvalue weighted by atomic mass is 10.1. The molecule has 27 heavy (non-hydrogen) atoms. The van der Waals surface area contributed by atoms with Crippen LogP contribution in [-0.4, -0.2) is 32.8 Å². The van der Waals surface area contributed by atoms with Gasteiger partial charge in [0.05, 0.1) is 5.69 Å². The summed E-state index contributed by atoms with van der Waals surface area (Å²) in [6.07, 6.45) is 8.04. The summed E-state index contributed by atoms with van der Waals surface area (Å²) in [5, 5.41) is 10.1. The van der Waals surface area contributed by atoms with Gasteiger partial charge in [0.25, 0.3) is 0 Å². The molecule has 0 amide bonds. The Kier molecular flexibility index (Phi) is 4.61. The number of hydrogen-bond donors (Lipinski definition) is 0. The Morgan fingerprint density at radius 2 is 1.85 bits per heavy atom. The fourth-order valence-corrected chi connectivity index (χ4v) is 4.43. The van der Waals surface area contributed by atoms with Crippen molar-refractivity contribution >= 4 is 17.7 Å². The molecule has 1 saturated heterocycles. The van der Waals surface area contributed by atoms with Crippen molar-refractivity contribution in [2.45, 2.75) is 49.1 Å². The van der Waals surface area contributed by atoms with Gasteiger partial charge in [0, 0.05) is 30.4 Å². The number of aromatic nitrogens is 4. The van der Waals surface area contributed by atoms with Crippen LogP contribution in [0.5, 0.6) is 0 Å². The van der Waals surface area contributed by atoms with Crippen molar-refractivity contribution < 1.29 is 4.42 Å². The minimum Gasteiger partial charge on any atom is -0.444 e. The van der Waals surface area contributed by atoms with Crippen molar-refractivity contribution in [2.24, 2.45) is 0 Å². The summed E-state index contributed by atoms with van der Waals surface area (Å²) in [6.45, 7) is 2.19. The normalized spacial score (nSPS) is 17.4. The average Bonchev–Trinajstić information content (AvgIpc) is 3.30. The van der Waals surface area contributed by atoms with E-state index in [2.05, 4.69) is 24.6 Å². The predicted octanol–water partition coefficient (Wildman–Crippen LogP) is 4.55. The maximum Gasteiger partial charge on any atom is 0.228 e. The van der Waals surface area contributed by atoms with Gasteiger partial charge in [0.2, 0.25) is 11.8 Å². The number of piperidine rings is 1. The van der Waals surface area contributed by atoms with Crippen LogP contribution in [0.15, 0.2) is 46.2 Å². The second-order valence-electron chi connectivity index (χ2n) is 7.23. The highest BCUT2D eigenvalue weighted by molar-refractivity contribution is 7.98. The van der Waals surface area contributed by atoms with E-state index in [0.717, 1.165) is 41.2 Å². The molecular formula is C20H23N5OS. The Hall–Kier alpha value is -2.28. The third-order valence-electron chi connectivity index (χ3n) is 5.12. The lowest BCUT2D eigenvalue weighted by Gasteiger charge is -2.27. The lowest BCUT2D eigenvalue weighted by molar-refractivity contribution is 0.548. The first-order chi connectivity index (χ1) is 13.4. The SMILES string of the molecule is c1ccc(-c2nc(CSc3nnc(N4CCCCC4)n3C3CC3)co2)cc1. The monoisotopic (exact) mass is 381 g/mol. The molecule has 140 valence electrons. The maximum atomic E-state index is 5.65. The van der Waals surface area contributed by atoms with Crippen LogP contribution in [0.25, 0.3) is 11.5 Å². The maximum absolute atomic E-state index is 5.65. The van der Waals surface area contributed by atoms with Crippen molar-refractivity contribution in [2.75, 3.05) is 18.0 Å². The van der Waals surface area contributed by atoms with E-state index in [4.69, 9.17) is 4.42 Å². The highest BCUT2D eigenvalue weighted by atomic mass is 32.2. The number of oxazole rings is 1. The van der Waals surface area contributed by atoms with Gasteiger partial charge in [-0.1, -0.05) is 30.0 Å². The number of hydrogen-bond acceptors (Lipinski definition) is 6. The Labute approximate surface area is 163 Å². The molecule has 2 aliphatic rings. The summed E-state index contributed by atoms with van der Waals surface area (Å²) in [5.74, 6) is 2.47. The zero-order valence-corrected chi connectivity index (χ0v) is 16.1. The van der Waals surface area contributed by atoms with Crippen molar-refractivity contribution in [3.05, 3.63) is 42.3 Å². The molecule has 0 unspecified atom stereocenters. The fraction of sp³-hybridized carbons (Fsp3) is 0.450. The zero-order chi connectivity index (χ0) is 18.1.